The van der Waals surface area contributed by atoms with Crippen LogP contribution in [0.5, 0.6) is 5.75 Å². The second-order valence-electron chi connectivity index (χ2n) is 4.88. The van der Waals surface area contributed by atoms with Crippen LogP contribution in [-0.2, 0) is 20.1 Å². The van der Waals surface area contributed by atoms with Gasteiger partial charge in [0.25, 0.3) is 0 Å². The molecule has 0 bridgehead atoms. The van der Waals surface area contributed by atoms with Crippen LogP contribution in [0.15, 0.2) is 30.5 Å². The third-order valence-corrected chi connectivity index (χ3v) is 3.34. The van der Waals surface area contributed by atoms with E-state index in [4.69, 9.17) is 4.74 Å². The number of hydrogen-bond acceptors (Lipinski definition) is 3. The fourth-order valence-corrected chi connectivity index (χ4v) is 2.11. The van der Waals surface area contributed by atoms with Gasteiger partial charge >= 0.3 is 0 Å². The molecule has 0 atom stereocenters. The van der Waals surface area contributed by atoms with Crippen LogP contribution >= 0.6 is 0 Å². The second kappa shape index (κ2) is 5.89. The Morgan fingerprint density at radius 3 is 2.74 bits per heavy atom. The molecule has 19 heavy (non-hydrogen) atoms. The van der Waals surface area contributed by atoms with E-state index in [1.807, 2.05) is 25.3 Å². The topological polar surface area (TPSA) is 30.3 Å². The number of ether oxygens (including phenoxy) is 1. The highest BCUT2D eigenvalue weighted by molar-refractivity contribution is 5.28. The smallest absolute Gasteiger partial charge is 0.119 e. The van der Waals surface area contributed by atoms with Crippen LogP contribution < -0.4 is 4.74 Å². The molecule has 0 amide bonds. The molecule has 0 spiro atoms. The number of rotatable bonds is 5. The SMILES string of the molecule is COc1cccc(CN(C)Cc2cnc(C)n2C)c1. The van der Waals surface area contributed by atoms with Gasteiger partial charge in [-0.05, 0) is 31.7 Å². The van der Waals surface area contributed by atoms with Crippen LogP contribution in [0, 0.1) is 6.92 Å². The monoisotopic (exact) mass is 259 g/mol. The Morgan fingerprint density at radius 2 is 2.11 bits per heavy atom. The highest BCUT2D eigenvalue weighted by Crippen LogP contribution is 2.15. The molecule has 0 N–H and O–H groups in total. The number of benzene rings is 1. The van der Waals surface area contributed by atoms with Crippen molar-refractivity contribution in [1.82, 2.24) is 14.5 Å². The van der Waals surface area contributed by atoms with E-state index in [1.54, 1.807) is 7.11 Å². The van der Waals surface area contributed by atoms with E-state index in [1.165, 1.54) is 11.3 Å². The molecule has 0 unspecified atom stereocenters. The Morgan fingerprint density at radius 1 is 1.32 bits per heavy atom. The number of nitrogens with zero attached hydrogens (tertiary/aromatic N) is 3. The van der Waals surface area contributed by atoms with Crippen molar-refractivity contribution in [2.24, 2.45) is 7.05 Å². The van der Waals surface area contributed by atoms with Crippen molar-refractivity contribution < 1.29 is 4.74 Å². The maximum absolute atomic E-state index is 5.24. The lowest BCUT2D eigenvalue weighted by Crippen LogP contribution is -2.19. The summed E-state index contributed by atoms with van der Waals surface area (Å²) in [5, 5.41) is 0. The quantitative estimate of drug-likeness (QED) is 0.826. The lowest BCUT2D eigenvalue weighted by molar-refractivity contribution is 0.310. The first-order chi connectivity index (χ1) is 9.10. The summed E-state index contributed by atoms with van der Waals surface area (Å²) >= 11 is 0. The van der Waals surface area contributed by atoms with E-state index in [-0.39, 0.29) is 0 Å². The molecule has 102 valence electrons. The summed E-state index contributed by atoms with van der Waals surface area (Å²) in [6.07, 6.45) is 1.94. The van der Waals surface area contributed by atoms with E-state index >= 15 is 0 Å². The second-order valence-corrected chi connectivity index (χ2v) is 4.88. The van der Waals surface area contributed by atoms with Gasteiger partial charge in [-0.25, -0.2) is 4.98 Å². The molecule has 0 aliphatic heterocycles. The van der Waals surface area contributed by atoms with E-state index in [9.17, 15) is 0 Å². The molecule has 4 heteroatoms. The lowest BCUT2D eigenvalue weighted by atomic mass is 10.2. The Balaban J connectivity index is 2.01. The van der Waals surface area contributed by atoms with Crippen LogP contribution in [0.2, 0.25) is 0 Å². The van der Waals surface area contributed by atoms with E-state index in [0.717, 1.165) is 24.7 Å². The Labute approximate surface area is 114 Å². The zero-order chi connectivity index (χ0) is 13.8. The first-order valence-electron chi connectivity index (χ1n) is 6.39. The summed E-state index contributed by atoms with van der Waals surface area (Å²) in [6, 6.07) is 8.18. The minimum absolute atomic E-state index is 0.883. The Kier molecular flexibility index (Phi) is 4.22. The van der Waals surface area contributed by atoms with Crippen molar-refractivity contribution in [3.8, 4) is 5.75 Å². The molecule has 4 nitrogen and oxygen atoms in total. The largest absolute Gasteiger partial charge is 0.497 e. The van der Waals surface area contributed by atoms with Crippen LogP contribution in [0.25, 0.3) is 0 Å². The number of aryl methyl sites for hydroxylation is 1. The summed E-state index contributed by atoms with van der Waals surface area (Å²) < 4.78 is 7.37. The minimum atomic E-state index is 0.883. The molecule has 0 radical (unpaired) electrons. The van der Waals surface area contributed by atoms with Crippen LogP contribution in [0.4, 0.5) is 0 Å². The average molecular weight is 259 g/mol. The molecule has 1 aromatic carbocycles. The van der Waals surface area contributed by atoms with Gasteiger partial charge in [-0.1, -0.05) is 12.1 Å². The number of hydrogen-bond donors (Lipinski definition) is 0. The summed E-state index contributed by atoms with van der Waals surface area (Å²) in [6.45, 7) is 3.79. The standard InChI is InChI=1S/C15H21N3O/c1-12-16-9-14(18(12)3)11-17(2)10-13-6-5-7-15(8-13)19-4/h5-9H,10-11H2,1-4H3. The molecule has 0 fully saturated rings. The number of imidazole rings is 1. The van der Waals surface area contributed by atoms with Gasteiger partial charge in [0.15, 0.2) is 0 Å². The first-order valence-corrected chi connectivity index (χ1v) is 6.39. The molecule has 1 heterocycles. The molecule has 2 aromatic rings. The minimum Gasteiger partial charge on any atom is -0.497 e. The third-order valence-electron chi connectivity index (χ3n) is 3.34. The highest BCUT2D eigenvalue weighted by atomic mass is 16.5. The molecule has 2 rings (SSSR count). The van der Waals surface area contributed by atoms with Gasteiger partial charge in [0.2, 0.25) is 0 Å². The van der Waals surface area contributed by atoms with Gasteiger partial charge in [-0.15, -0.1) is 0 Å². The molecule has 0 saturated heterocycles. The van der Waals surface area contributed by atoms with Crippen LogP contribution in [-0.4, -0.2) is 28.6 Å². The van der Waals surface area contributed by atoms with Crippen molar-refractivity contribution in [1.29, 1.82) is 0 Å². The predicted octanol–water partition coefficient (Wildman–Crippen LogP) is 2.37. The van der Waals surface area contributed by atoms with Crippen molar-refractivity contribution in [3.05, 3.63) is 47.5 Å². The summed E-state index contributed by atoms with van der Waals surface area (Å²) in [4.78, 5) is 6.59. The van der Waals surface area contributed by atoms with Gasteiger partial charge in [0.05, 0.1) is 12.8 Å². The third kappa shape index (κ3) is 3.35. The molecular formula is C15H21N3O. The van der Waals surface area contributed by atoms with Gasteiger partial charge < -0.3 is 9.30 Å². The molecule has 0 aliphatic rings. The predicted molar refractivity (Wildman–Crippen MR) is 76.1 cm³/mol. The highest BCUT2D eigenvalue weighted by Gasteiger charge is 2.07. The first kappa shape index (κ1) is 13.6. The van der Waals surface area contributed by atoms with Crippen LogP contribution in [0.3, 0.4) is 0 Å². The van der Waals surface area contributed by atoms with E-state index < -0.39 is 0 Å². The molecule has 0 aliphatic carbocycles. The van der Waals surface area contributed by atoms with E-state index in [2.05, 4.69) is 40.7 Å². The molecule has 1 aromatic heterocycles. The van der Waals surface area contributed by atoms with Crippen molar-refractivity contribution in [2.75, 3.05) is 14.2 Å². The lowest BCUT2D eigenvalue weighted by Gasteiger charge is -2.17. The van der Waals surface area contributed by atoms with Crippen molar-refractivity contribution in [2.45, 2.75) is 20.0 Å². The van der Waals surface area contributed by atoms with Crippen molar-refractivity contribution >= 4 is 0 Å². The zero-order valence-electron chi connectivity index (χ0n) is 12.1. The van der Waals surface area contributed by atoms with Crippen molar-refractivity contribution in [3.63, 3.8) is 0 Å². The van der Waals surface area contributed by atoms with Gasteiger partial charge in [-0.2, -0.15) is 0 Å². The maximum atomic E-state index is 5.24. The normalized spacial score (nSPS) is 11.0. The Hall–Kier alpha value is -1.81. The summed E-state index contributed by atoms with van der Waals surface area (Å²) in [5.41, 5.74) is 2.48. The summed E-state index contributed by atoms with van der Waals surface area (Å²) in [7, 11) is 5.86. The summed E-state index contributed by atoms with van der Waals surface area (Å²) in [5.74, 6) is 1.95. The van der Waals surface area contributed by atoms with Gasteiger partial charge in [0, 0.05) is 26.3 Å². The fraction of sp³-hybridized carbons (Fsp3) is 0.400. The Bertz CT molecular complexity index is 548. The number of methoxy groups -OCH3 is 1. The molecular weight excluding hydrogens is 238 g/mol. The molecule has 0 saturated carbocycles. The fourth-order valence-electron chi connectivity index (χ4n) is 2.11. The van der Waals surface area contributed by atoms with Crippen LogP contribution in [0.1, 0.15) is 17.1 Å². The van der Waals surface area contributed by atoms with Gasteiger partial charge in [-0.3, -0.25) is 4.90 Å². The maximum Gasteiger partial charge on any atom is 0.119 e. The number of aromatic nitrogens is 2. The van der Waals surface area contributed by atoms with Gasteiger partial charge in [0.1, 0.15) is 11.6 Å². The average Bonchev–Trinajstić information content (AvgIpc) is 2.71. The van der Waals surface area contributed by atoms with E-state index in [0.29, 0.717) is 0 Å². The zero-order valence-corrected chi connectivity index (χ0v) is 12.1.